The van der Waals surface area contributed by atoms with Crippen LogP contribution >= 0.6 is 0 Å². The van der Waals surface area contributed by atoms with Crippen molar-refractivity contribution in [1.29, 1.82) is 0 Å². The van der Waals surface area contributed by atoms with Crippen LogP contribution in [0.5, 0.6) is 0 Å². The highest BCUT2D eigenvalue weighted by Gasteiger charge is 2.17. The molecular formula is C10H22N2O2. The molecule has 0 radical (unpaired) electrons. The third kappa shape index (κ3) is 6.86. The standard InChI is InChI=1S/C10H22N2O2/c1-4-14-10(2,3)8-12-9(13)6-5-7-11/h4-8,11H2,1-3H3,(H,12,13). The number of nitrogens with one attached hydrogen (secondary N) is 1. The van der Waals surface area contributed by atoms with Gasteiger partial charge in [0.05, 0.1) is 5.60 Å². The van der Waals surface area contributed by atoms with E-state index in [0.29, 0.717) is 26.1 Å². The topological polar surface area (TPSA) is 64.3 Å². The van der Waals surface area contributed by atoms with Crippen molar-refractivity contribution in [2.24, 2.45) is 5.73 Å². The Kier molecular flexibility index (Phi) is 6.49. The zero-order chi connectivity index (χ0) is 11.0. The molecule has 0 spiro atoms. The van der Waals surface area contributed by atoms with E-state index in [0.717, 1.165) is 6.42 Å². The number of amides is 1. The molecule has 3 N–H and O–H groups in total. The molecule has 14 heavy (non-hydrogen) atoms. The first-order valence-electron chi connectivity index (χ1n) is 5.12. The van der Waals surface area contributed by atoms with Crippen LogP contribution in [0, 0.1) is 0 Å². The van der Waals surface area contributed by atoms with Gasteiger partial charge in [-0.3, -0.25) is 4.79 Å². The van der Waals surface area contributed by atoms with Crippen molar-refractivity contribution in [3.05, 3.63) is 0 Å². The Balaban J connectivity index is 3.64. The first-order chi connectivity index (χ1) is 6.52. The second-order valence-electron chi connectivity index (χ2n) is 3.86. The molecule has 4 nitrogen and oxygen atoms in total. The van der Waals surface area contributed by atoms with Crippen LogP contribution in [0.2, 0.25) is 0 Å². The van der Waals surface area contributed by atoms with Crippen molar-refractivity contribution < 1.29 is 9.53 Å². The predicted octanol–water partition coefficient (Wildman–Crippen LogP) is 0.657. The summed E-state index contributed by atoms with van der Waals surface area (Å²) in [6, 6.07) is 0. The zero-order valence-electron chi connectivity index (χ0n) is 9.43. The maximum atomic E-state index is 11.2. The highest BCUT2D eigenvalue weighted by Crippen LogP contribution is 2.06. The third-order valence-electron chi connectivity index (χ3n) is 1.85. The number of ether oxygens (including phenoxy) is 1. The molecule has 0 aromatic heterocycles. The van der Waals surface area contributed by atoms with Crippen LogP contribution in [0.4, 0.5) is 0 Å². The van der Waals surface area contributed by atoms with E-state index in [4.69, 9.17) is 10.5 Å². The first kappa shape index (κ1) is 13.4. The summed E-state index contributed by atoms with van der Waals surface area (Å²) in [5, 5.41) is 2.82. The molecule has 0 aliphatic rings. The summed E-state index contributed by atoms with van der Waals surface area (Å²) in [4.78, 5) is 11.2. The second kappa shape index (κ2) is 6.79. The van der Waals surface area contributed by atoms with E-state index in [1.165, 1.54) is 0 Å². The summed E-state index contributed by atoms with van der Waals surface area (Å²) < 4.78 is 5.44. The van der Waals surface area contributed by atoms with Gasteiger partial charge in [-0.2, -0.15) is 0 Å². The van der Waals surface area contributed by atoms with Crippen LogP contribution in [-0.2, 0) is 9.53 Å². The monoisotopic (exact) mass is 202 g/mol. The van der Waals surface area contributed by atoms with Gasteiger partial charge in [-0.15, -0.1) is 0 Å². The fourth-order valence-corrected chi connectivity index (χ4v) is 1.10. The molecule has 4 heteroatoms. The highest BCUT2D eigenvalue weighted by molar-refractivity contribution is 5.75. The minimum absolute atomic E-state index is 0.0447. The summed E-state index contributed by atoms with van der Waals surface area (Å²) in [7, 11) is 0. The van der Waals surface area contributed by atoms with E-state index in [2.05, 4.69) is 5.32 Å². The molecule has 0 heterocycles. The van der Waals surface area contributed by atoms with Gasteiger partial charge in [-0.1, -0.05) is 0 Å². The lowest BCUT2D eigenvalue weighted by Gasteiger charge is -2.24. The van der Waals surface area contributed by atoms with Gasteiger partial charge in [-0.25, -0.2) is 0 Å². The number of rotatable bonds is 7. The summed E-state index contributed by atoms with van der Waals surface area (Å²) in [6.07, 6.45) is 1.24. The van der Waals surface area contributed by atoms with Gasteiger partial charge in [0.15, 0.2) is 0 Å². The van der Waals surface area contributed by atoms with Crippen molar-refractivity contribution in [3.63, 3.8) is 0 Å². The van der Waals surface area contributed by atoms with Crippen LogP contribution in [0.15, 0.2) is 0 Å². The Bertz CT molecular complexity index is 170. The van der Waals surface area contributed by atoms with Gasteiger partial charge in [0, 0.05) is 19.6 Å². The van der Waals surface area contributed by atoms with Crippen molar-refractivity contribution in [2.75, 3.05) is 19.7 Å². The lowest BCUT2D eigenvalue weighted by atomic mass is 10.1. The Morgan fingerprint density at radius 3 is 2.64 bits per heavy atom. The Hall–Kier alpha value is -0.610. The van der Waals surface area contributed by atoms with Crippen molar-refractivity contribution in [1.82, 2.24) is 5.32 Å². The smallest absolute Gasteiger partial charge is 0.220 e. The highest BCUT2D eigenvalue weighted by atomic mass is 16.5. The number of carbonyl (C=O) groups excluding carboxylic acids is 1. The Morgan fingerprint density at radius 2 is 2.14 bits per heavy atom. The Labute approximate surface area is 86.2 Å². The summed E-state index contributed by atoms with van der Waals surface area (Å²) >= 11 is 0. The fourth-order valence-electron chi connectivity index (χ4n) is 1.10. The SMILES string of the molecule is CCOC(C)(C)CNC(=O)CCCN. The molecule has 0 saturated heterocycles. The molecule has 0 unspecified atom stereocenters. The predicted molar refractivity (Wildman–Crippen MR) is 57.0 cm³/mol. The van der Waals surface area contributed by atoms with E-state index >= 15 is 0 Å². The van der Waals surface area contributed by atoms with Crippen LogP contribution in [-0.4, -0.2) is 31.2 Å². The van der Waals surface area contributed by atoms with Crippen LogP contribution in [0.3, 0.4) is 0 Å². The zero-order valence-corrected chi connectivity index (χ0v) is 9.43. The third-order valence-corrected chi connectivity index (χ3v) is 1.85. The summed E-state index contributed by atoms with van der Waals surface area (Å²) in [5.41, 5.74) is 5.02. The maximum absolute atomic E-state index is 11.2. The summed E-state index contributed by atoms with van der Waals surface area (Å²) in [6.45, 7) is 7.62. The van der Waals surface area contributed by atoms with Gasteiger partial charge in [0.25, 0.3) is 0 Å². The van der Waals surface area contributed by atoms with Gasteiger partial charge in [0.2, 0.25) is 5.91 Å². The molecular weight excluding hydrogens is 180 g/mol. The number of carbonyl (C=O) groups is 1. The lowest BCUT2D eigenvalue weighted by Crippen LogP contribution is -2.40. The molecule has 1 amide bonds. The van der Waals surface area contributed by atoms with Crippen molar-refractivity contribution >= 4 is 5.91 Å². The average Bonchev–Trinajstić information content (AvgIpc) is 2.11. The lowest BCUT2D eigenvalue weighted by molar-refractivity contribution is -0.122. The molecule has 0 atom stereocenters. The average molecular weight is 202 g/mol. The molecule has 0 rings (SSSR count). The number of hydrogen-bond donors (Lipinski definition) is 2. The van der Waals surface area contributed by atoms with Gasteiger partial charge < -0.3 is 15.8 Å². The minimum atomic E-state index is -0.285. The van der Waals surface area contributed by atoms with Crippen LogP contribution in [0.1, 0.15) is 33.6 Å². The molecule has 0 aromatic carbocycles. The minimum Gasteiger partial charge on any atom is -0.374 e. The normalized spacial score (nSPS) is 11.4. The van der Waals surface area contributed by atoms with E-state index in [1.807, 2.05) is 20.8 Å². The molecule has 0 aliphatic carbocycles. The molecule has 0 saturated carbocycles. The molecule has 0 bridgehead atoms. The summed E-state index contributed by atoms with van der Waals surface area (Å²) in [5.74, 6) is 0.0447. The van der Waals surface area contributed by atoms with E-state index in [9.17, 15) is 4.79 Å². The molecule has 0 aromatic rings. The van der Waals surface area contributed by atoms with E-state index < -0.39 is 0 Å². The molecule has 0 fully saturated rings. The van der Waals surface area contributed by atoms with Crippen molar-refractivity contribution in [2.45, 2.75) is 39.2 Å². The van der Waals surface area contributed by atoms with E-state index in [-0.39, 0.29) is 11.5 Å². The largest absolute Gasteiger partial charge is 0.374 e. The van der Waals surface area contributed by atoms with Crippen LogP contribution < -0.4 is 11.1 Å². The van der Waals surface area contributed by atoms with Crippen LogP contribution in [0.25, 0.3) is 0 Å². The van der Waals surface area contributed by atoms with Gasteiger partial charge >= 0.3 is 0 Å². The first-order valence-corrected chi connectivity index (χ1v) is 5.12. The van der Waals surface area contributed by atoms with Gasteiger partial charge in [0.1, 0.15) is 0 Å². The van der Waals surface area contributed by atoms with E-state index in [1.54, 1.807) is 0 Å². The second-order valence-corrected chi connectivity index (χ2v) is 3.86. The van der Waals surface area contributed by atoms with Gasteiger partial charge in [-0.05, 0) is 33.7 Å². The maximum Gasteiger partial charge on any atom is 0.220 e. The number of nitrogens with two attached hydrogens (primary N) is 1. The Morgan fingerprint density at radius 1 is 1.50 bits per heavy atom. The number of hydrogen-bond acceptors (Lipinski definition) is 3. The quantitative estimate of drug-likeness (QED) is 0.637. The molecule has 84 valence electrons. The fraction of sp³-hybridized carbons (Fsp3) is 0.900. The van der Waals surface area contributed by atoms with Crippen molar-refractivity contribution in [3.8, 4) is 0 Å². The molecule has 0 aliphatic heterocycles.